The van der Waals surface area contributed by atoms with Crippen LogP contribution in [-0.4, -0.2) is 27.5 Å². The van der Waals surface area contributed by atoms with Crippen LogP contribution < -0.4 is 0 Å². The van der Waals surface area contributed by atoms with Gasteiger partial charge in [-0.05, 0) is 30.0 Å². The summed E-state index contributed by atoms with van der Waals surface area (Å²) < 4.78 is 5.00. The standard InChI is InChI=1S/C21H21N3O2/c1-14-8-9-18-17(12-14)10-11-24(21(18)16-6-4-3-5-7-16)20(25)13-19-22-15(2)26-23-19/h3-9,12,21H,10-11,13H2,1-2H3. The van der Waals surface area contributed by atoms with Gasteiger partial charge >= 0.3 is 0 Å². The summed E-state index contributed by atoms with van der Waals surface area (Å²) >= 11 is 0. The highest BCUT2D eigenvalue weighted by Gasteiger charge is 2.32. The van der Waals surface area contributed by atoms with E-state index in [1.54, 1.807) is 6.92 Å². The molecule has 1 aliphatic rings. The van der Waals surface area contributed by atoms with Gasteiger partial charge in [-0.2, -0.15) is 4.98 Å². The summed E-state index contributed by atoms with van der Waals surface area (Å²) in [6, 6.07) is 16.6. The maximum Gasteiger partial charge on any atom is 0.231 e. The lowest BCUT2D eigenvalue weighted by atomic mass is 9.87. The van der Waals surface area contributed by atoms with E-state index in [1.807, 2.05) is 23.1 Å². The largest absolute Gasteiger partial charge is 0.340 e. The van der Waals surface area contributed by atoms with Crippen LogP contribution >= 0.6 is 0 Å². The van der Waals surface area contributed by atoms with Gasteiger partial charge in [-0.1, -0.05) is 59.3 Å². The molecule has 5 nitrogen and oxygen atoms in total. The number of fused-ring (bicyclic) bond motifs is 1. The number of aryl methyl sites for hydroxylation is 2. The molecule has 1 unspecified atom stereocenters. The van der Waals surface area contributed by atoms with Gasteiger partial charge in [0.05, 0.1) is 12.5 Å². The van der Waals surface area contributed by atoms with Crippen LogP contribution in [0.5, 0.6) is 0 Å². The SMILES string of the molecule is Cc1ccc2c(c1)CCN(C(=O)Cc1noc(C)n1)C2c1ccccc1. The van der Waals surface area contributed by atoms with Crippen LogP contribution in [0.15, 0.2) is 53.1 Å². The first kappa shape index (κ1) is 16.5. The van der Waals surface area contributed by atoms with Crippen LogP contribution in [0.2, 0.25) is 0 Å². The van der Waals surface area contributed by atoms with Crippen molar-refractivity contribution in [2.45, 2.75) is 32.7 Å². The smallest absolute Gasteiger partial charge is 0.231 e. The van der Waals surface area contributed by atoms with Crippen molar-refractivity contribution in [2.24, 2.45) is 0 Å². The second kappa shape index (κ2) is 6.75. The highest BCUT2D eigenvalue weighted by Crippen LogP contribution is 2.35. The molecule has 5 heteroatoms. The molecule has 26 heavy (non-hydrogen) atoms. The number of carbonyl (C=O) groups is 1. The molecule has 1 atom stereocenters. The molecule has 0 aliphatic carbocycles. The first-order valence-electron chi connectivity index (χ1n) is 8.85. The molecule has 0 radical (unpaired) electrons. The van der Waals surface area contributed by atoms with Crippen LogP contribution in [-0.2, 0) is 17.6 Å². The van der Waals surface area contributed by atoms with Crippen LogP contribution in [0, 0.1) is 13.8 Å². The quantitative estimate of drug-likeness (QED) is 0.728. The van der Waals surface area contributed by atoms with Crippen molar-refractivity contribution in [1.29, 1.82) is 0 Å². The van der Waals surface area contributed by atoms with Gasteiger partial charge in [0.2, 0.25) is 11.8 Å². The molecular weight excluding hydrogens is 326 g/mol. The normalized spacial score (nSPS) is 16.4. The average Bonchev–Trinajstić information content (AvgIpc) is 3.06. The molecule has 1 amide bonds. The second-order valence-corrected chi connectivity index (χ2v) is 6.76. The van der Waals surface area contributed by atoms with Gasteiger partial charge < -0.3 is 9.42 Å². The summed E-state index contributed by atoms with van der Waals surface area (Å²) in [5, 5.41) is 3.87. The van der Waals surface area contributed by atoms with E-state index >= 15 is 0 Å². The van der Waals surface area contributed by atoms with Gasteiger partial charge in [0.15, 0.2) is 5.82 Å². The van der Waals surface area contributed by atoms with E-state index in [-0.39, 0.29) is 18.4 Å². The molecule has 0 saturated heterocycles. The summed E-state index contributed by atoms with van der Waals surface area (Å²) in [4.78, 5) is 19.2. The molecule has 0 bridgehead atoms. The van der Waals surface area contributed by atoms with Gasteiger partial charge in [-0.3, -0.25) is 4.79 Å². The number of rotatable bonds is 3. The number of carbonyl (C=O) groups excluding carboxylic acids is 1. The first-order chi connectivity index (χ1) is 12.6. The third-order valence-corrected chi connectivity index (χ3v) is 4.84. The van der Waals surface area contributed by atoms with E-state index < -0.39 is 0 Å². The maximum atomic E-state index is 13.0. The molecule has 4 rings (SSSR count). The Morgan fingerprint density at radius 2 is 2.00 bits per heavy atom. The van der Waals surface area contributed by atoms with Crippen LogP contribution in [0.25, 0.3) is 0 Å². The number of amides is 1. The van der Waals surface area contributed by atoms with Gasteiger partial charge in [0.25, 0.3) is 0 Å². The second-order valence-electron chi connectivity index (χ2n) is 6.76. The minimum atomic E-state index is -0.0824. The summed E-state index contributed by atoms with van der Waals surface area (Å²) in [5.41, 5.74) is 4.89. The minimum absolute atomic E-state index is 0.0193. The fraction of sp³-hybridized carbons (Fsp3) is 0.286. The molecule has 2 heterocycles. The van der Waals surface area contributed by atoms with E-state index in [9.17, 15) is 4.79 Å². The van der Waals surface area contributed by atoms with E-state index in [0.717, 1.165) is 12.0 Å². The molecule has 0 spiro atoms. The van der Waals surface area contributed by atoms with Crippen molar-refractivity contribution < 1.29 is 9.32 Å². The number of nitrogens with zero attached hydrogens (tertiary/aromatic N) is 3. The Bertz CT molecular complexity index is 933. The minimum Gasteiger partial charge on any atom is -0.340 e. The zero-order valence-electron chi connectivity index (χ0n) is 15.0. The summed E-state index contributed by atoms with van der Waals surface area (Å²) in [7, 11) is 0. The summed E-state index contributed by atoms with van der Waals surface area (Å²) in [5.74, 6) is 0.937. The molecule has 3 aromatic rings. The van der Waals surface area contributed by atoms with Crippen molar-refractivity contribution in [2.75, 3.05) is 6.54 Å². The van der Waals surface area contributed by atoms with Gasteiger partial charge in [-0.15, -0.1) is 0 Å². The number of aromatic nitrogens is 2. The highest BCUT2D eigenvalue weighted by atomic mass is 16.5. The van der Waals surface area contributed by atoms with E-state index in [4.69, 9.17) is 4.52 Å². The molecule has 2 aromatic carbocycles. The van der Waals surface area contributed by atoms with Crippen LogP contribution in [0.1, 0.15) is 40.0 Å². The zero-order chi connectivity index (χ0) is 18.1. The van der Waals surface area contributed by atoms with Crippen molar-refractivity contribution in [3.05, 3.63) is 82.5 Å². The van der Waals surface area contributed by atoms with E-state index in [1.165, 1.54) is 16.7 Å². The van der Waals surface area contributed by atoms with Gasteiger partial charge in [0.1, 0.15) is 0 Å². The Morgan fingerprint density at radius 3 is 2.73 bits per heavy atom. The van der Waals surface area contributed by atoms with Crippen molar-refractivity contribution in [3.8, 4) is 0 Å². The van der Waals surface area contributed by atoms with E-state index in [0.29, 0.717) is 18.3 Å². The lowest BCUT2D eigenvalue weighted by Gasteiger charge is -2.38. The van der Waals surface area contributed by atoms with Crippen molar-refractivity contribution in [1.82, 2.24) is 15.0 Å². The predicted molar refractivity (Wildman–Crippen MR) is 97.6 cm³/mol. The maximum absolute atomic E-state index is 13.0. The summed E-state index contributed by atoms with van der Waals surface area (Å²) in [6.45, 7) is 4.52. The van der Waals surface area contributed by atoms with Crippen molar-refractivity contribution >= 4 is 5.91 Å². The summed E-state index contributed by atoms with van der Waals surface area (Å²) in [6.07, 6.45) is 1.01. The predicted octanol–water partition coefficient (Wildman–Crippen LogP) is 3.40. The highest BCUT2D eigenvalue weighted by molar-refractivity contribution is 5.79. The first-order valence-corrected chi connectivity index (χ1v) is 8.85. The fourth-order valence-corrected chi connectivity index (χ4v) is 3.67. The monoisotopic (exact) mass is 347 g/mol. The van der Waals surface area contributed by atoms with Crippen molar-refractivity contribution in [3.63, 3.8) is 0 Å². The Labute approximate surface area is 152 Å². The Morgan fingerprint density at radius 1 is 1.19 bits per heavy atom. The molecule has 0 fully saturated rings. The van der Waals surface area contributed by atoms with Crippen LogP contribution in [0.4, 0.5) is 0 Å². The Balaban J connectivity index is 1.71. The fourth-order valence-electron chi connectivity index (χ4n) is 3.67. The van der Waals surface area contributed by atoms with E-state index in [2.05, 4.69) is 47.4 Å². The number of hydrogen-bond donors (Lipinski definition) is 0. The zero-order valence-corrected chi connectivity index (χ0v) is 15.0. The van der Waals surface area contributed by atoms with Crippen LogP contribution in [0.3, 0.4) is 0 Å². The Kier molecular flexibility index (Phi) is 4.29. The van der Waals surface area contributed by atoms with Gasteiger partial charge in [0, 0.05) is 13.5 Å². The number of benzene rings is 2. The third kappa shape index (κ3) is 3.12. The Hall–Kier alpha value is -2.95. The average molecular weight is 347 g/mol. The van der Waals surface area contributed by atoms with Gasteiger partial charge in [-0.25, -0.2) is 0 Å². The molecule has 132 valence electrons. The molecule has 1 aliphatic heterocycles. The molecule has 1 aromatic heterocycles. The third-order valence-electron chi connectivity index (χ3n) is 4.84. The molecular formula is C21H21N3O2. The molecule has 0 saturated carbocycles. The topological polar surface area (TPSA) is 59.2 Å². The molecule has 0 N–H and O–H groups in total. The lowest BCUT2D eigenvalue weighted by Crippen LogP contribution is -2.41. The number of hydrogen-bond acceptors (Lipinski definition) is 4. The lowest BCUT2D eigenvalue weighted by molar-refractivity contribution is -0.132.